The van der Waals surface area contributed by atoms with Gasteiger partial charge in [-0.25, -0.2) is 0 Å². The lowest BCUT2D eigenvalue weighted by Crippen LogP contribution is -2.13. The van der Waals surface area contributed by atoms with Crippen LogP contribution in [0.25, 0.3) is 0 Å². The van der Waals surface area contributed by atoms with E-state index in [-0.39, 0.29) is 0 Å². The van der Waals surface area contributed by atoms with Gasteiger partial charge in [-0.05, 0) is 24.7 Å². The highest BCUT2D eigenvalue weighted by Crippen LogP contribution is 2.34. The standard InChI is InChI=1S/C8H16S/c1-6(2)7-4-3-5-8(7)9/h6-9H,3-5H2,1-2H3. The summed E-state index contributed by atoms with van der Waals surface area (Å²) in [5.41, 5.74) is 0. The zero-order chi connectivity index (χ0) is 6.85. The SMILES string of the molecule is CC(C)C1CCCC1S. The van der Waals surface area contributed by atoms with Crippen LogP contribution in [0.15, 0.2) is 0 Å². The summed E-state index contributed by atoms with van der Waals surface area (Å²) in [7, 11) is 0. The molecule has 0 aromatic heterocycles. The first-order valence-corrected chi connectivity index (χ1v) is 4.41. The topological polar surface area (TPSA) is 0 Å². The van der Waals surface area contributed by atoms with E-state index in [1.54, 1.807) is 0 Å². The Balaban J connectivity index is 2.40. The summed E-state index contributed by atoms with van der Waals surface area (Å²) in [5, 5.41) is 0.699. The van der Waals surface area contributed by atoms with Gasteiger partial charge in [0.2, 0.25) is 0 Å². The Kier molecular flexibility index (Phi) is 2.45. The normalized spacial score (nSPS) is 36.0. The highest BCUT2D eigenvalue weighted by atomic mass is 32.1. The van der Waals surface area contributed by atoms with E-state index >= 15 is 0 Å². The van der Waals surface area contributed by atoms with Crippen molar-refractivity contribution in [2.24, 2.45) is 11.8 Å². The average Bonchev–Trinajstić information content (AvgIpc) is 2.13. The molecule has 0 N–H and O–H groups in total. The van der Waals surface area contributed by atoms with Crippen LogP contribution < -0.4 is 0 Å². The van der Waals surface area contributed by atoms with Crippen molar-refractivity contribution in [1.29, 1.82) is 0 Å². The summed E-state index contributed by atoms with van der Waals surface area (Å²) < 4.78 is 0. The largest absolute Gasteiger partial charge is 0.176 e. The summed E-state index contributed by atoms with van der Waals surface area (Å²) in [6, 6.07) is 0. The van der Waals surface area contributed by atoms with Crippen LogP contribution in [0.1, 0.15) is 33.1 Å². The molecule has 9 heavy (non-hydrogen) atoms. The van der Waals surface area contributed by atoms with Crippen LogP contribution in [0.4, 0.5) is 0 Å². The third-order valence-electron chi connectivity index (χ3n) is 2.39. The molecule has 1 aliphatic carbocycles. The van der Waals surface area contributed by atoms with Crippen LogP contribution in [-0.2, 0) is 0 Å². The Bertz CT molecular complexity index is 88.6. The predicted octanol–water partition coefficient (Wildman–Crippen LogP) is 2.74. The lowest BCUT2D eigenvalue weighted by molar-refractivity contribution is 0.405. The first-order chi connectivity index (χ1) is 4.22. The number of hydrogen-bond donors (Lipinski definition) is 1. The molecule has 0 spiro atoms. The van der Waals surface area contributed by atoms with Gasteiger partial charge in [0.1, 0.15) is 0 Å². The maximum atomic E-state index is 4.53. The first-order valence-electron chi connectivity index (χ1n) is 3.90. The number of rotatable bonds is 1. The number of thiol groups is 1. The van der Waals surface area contributed by atoms with Crippen molar-refractivity contribution in [3.05, 3.63) is 0 Å². The molecule has 1 heteroatoms. The average molecular weight is 144 g/mol. The second-order valence-corrected chi connectivity index (χ2v) is 4.07. The third kappa shape index (κ3) is 1.64. The molecular formula is C8H16S. The molecule has 54 valence electrons. The summed E-state index contributed by atoms with van der Waals surface area (Å²) in [6.07, 6.45) is 4.15. The summed E-state index contributed by atoms with van der Waals surface area (Å²) in [5.74, 6) is 1.74. The fourth-order valence-corrected chi connectivity index (χ4v) is 2.42. The van der Waals surface area contributed by atoms with Gasteiger partial charge in [0.25, 0.3) is 0 Å². The van der Waals surface area contributed by atoms with Crippen molar-refractivity contribution in [3.8, 4) is 0 Å². The molecule has 0 aromatic carbocycles. The minimum atomic E-state index is 0.699. The van der Waals surface area contributed by atoms with Crippen LogP contribution in [0.3, 0.4) is 0 Å². The molecule has 2 atom stereocenters. The minimum absolute atomic E-state index is 0.699. The van der Waals surface area contributed by atoms with Crippen molar-refractivity contribution >= 4 is 12.6 Å². The maximum Gasteiger partial charge on any atom is 0.00475 e. The molecule has 0 saturated heterocycles. The summed E-state index contributed by atoms with van der Waals surface area (Å²) >= 11 is 4.53. The Morgan fingerprint density at radius 1 is 1.33 bits per heavy atom. The summed E-state index contributed by atoms with van der Waals surface area (Å²) in [6.45, 7) is 4.61. The van der Waals surface area contributed by atoms with E-state index in [0.29, 0.717) is 5.25 Å². The van der Waals surface area contributed by atoms with Crippen LogP contribution in [-0.4, -0.2) is 5.25 Å². The maximum absolute atomic E-state index is 4.53. The molecule has 0 aromatic rings. The van der Waals surface area contributed by atoms with Gasteiger partial charge in [0.15, 0.2) is 0 Å². The van der Waals surface area contributed by atoms with Gasteiger partial charge in [0.05, 0.1) is 0 Å². The molecule has 1 saturated carbocycles. The highest BCUT2D eigenvalue weighted by Gasteiger charge is 2.26. The predicted molar refractivity (Wildman–Crippen MR) is 45.0 cm³/mol. The van der Waals surface area contributed by atoms with Gasteiger partial charge in [-0.1, -0.05) is 20.3 Å². The second-order valence-electron chi connectivity index (χ2n) is 3.41. The van der Waals surface area contributed by atoms with E-state index in [1.807, 2.05) is 0 Å². The van der Waals surface area contributed by atoms with Crippen LogP contribution in [0, 0.1) is 11.8 Å². The second kappa shape index (κ2) is 2.96. The Morgan fingerprint density at radius 3 is 2.22 bits per heavy atom. The first kappa shape index (κ1) is 7.46. The monoisotopic (exact) mass is 144 g/mol. The van der Waals surface area contributed by atoms with Gasteiger partial charge in [-0.15, -0.1) is 0 Å². The van der Waals surface area contributed by atoms with Gasteiger partial charge in [-0.2, -0.15) is 12.6 Å². The molecule has 0 aliphatic heterocycles. The molecule has 0 amide bonds. The van der Waals surface area contributed by atoms with Crippen molar-refractivity contribution in [1.82, 2.24) is 0 Å². The van der Waals surface area contributed by atoms with Crippen molar-refractivity contribution in [3.63, 3.8) is 0 Å². The molecule has 0 nitrogen and oxygen atoms in total. The van der Waals surface area contributed by atoms with E-state index in [4.69, 9.17) is 0 Å². The zero-order valence-electron chi connectivity index (χ0n) is 6.30. The molecule has 1 rings (SSSR count). The molecule has 0 bridgehead atoms. The molecule has 0 heterocycles. The molecule has 1 fully saturated rings. The zero-order valence-corrected chi connectivity index (χ0v) is 7.20. The Hall–Kier alpha value is 0.350. The van der Waals surface area contributed by atoms with Gasteiger partial charge in [0, 0.05) is 5.25 Å². The van der Waals surface area contributed by atoms with E-state index in [9.17, 15) is 0 Å². The van der Waals surface area contributed by atoms with Crippen LogP contribution in [0.5, 0.6) is 0 Å². The van der Waals surface area contributed by atoms with E-state index < -0.39 is 0 Å². The Labute approximate surface area is 63.4 Å². The highest BCUT2D eigenvalue weighted by molar-refractivity contribution is 7.81. The van der Waals surface area contributed by atoms with Crippen molar-refractivity contribution < 1.29 is 0 Å². The van der Waals surface area contributed by atoms with Crippen molar-refractivity contribution in [2.45, 2.75) is 38.4 Å². The van der Waals surface area contributed by atoms with E-state index in [0.717, 1.165) is 11.8 Å². The lowest BCUT2D eigenvalue weighted by Gasteiger charge is -2.17. The van der Waals surface area contributed by atoms with Gasteiger partial charge < -0.3 is 0 Å². The molecule has 0 radical (unpaired) electrons. The molecular weight excluding hydrogens is 128 g/mol. The number of hydrogen-bond acceptors (Lipinski definition) is 1. The molecule has 2 unspecified atom stereocenters. The van der Waals surface area contributed by atoms with Crippen LogP contribution >= 0.6 is 12.6 Å². The third-order valence-corrected chi connectivity index (χ3v) is 3.03. The Morgan fingerprint density at radius 2 is 2.00 bits per heavy atom. The quantitative estimate of drug-likeness (QED) is 0.537. The summed E-state index contributed by atoms with van der Waals surface area (Å²) in [4.78, 5) is 0. The fourth-order valence-electron chi connectivity index (χ4n) is 1.75. The smallest absolute Gasteiger partial charge is 0.00475 e. The van der Waals surface area contributed by atoms with E-state index in [2.05, 4.69) is 26.5 Å². The lowest BCUT2D eigenvalue weighted by atomic mass is 9.94. The van der Waals surface area contributed by atoms with E-state index in [1.165, 1.54) is 19.3 Å². The van der Waals surface area contributed by atoms with Gasteiger partial charge >= 0.3 is 0 Å². The minimum Gasteiger partial charge on any atom is -0.176 e. The van der Waals surface area contributed by atoms with Crippen LogP contribution in [0.2, 0.25) is 0 Å². The van der Waals surface area contributed by atoms with Crippen molar-refractivity contribution in [2.75, 3.05) is 0 Å². The molecule has 1 aliphatic rings. The fraction of sp³-hybridized carbons (Fsp3) is 1.00. The van der Waals surface area contributed by atoms with Gasteiger partial charge in [-0.3, -0.25) is 0 Å².